The van der Waals surface area contributed by atoms with Crippen LogP contribution in [0.4, 0.5) is 11.4 Å². The maximum absolute atomic E-state index is 11.5. The molecule has 1 aliphatic rings. The number of non-ortho nitro benzene ring substituents is 1. The molecule has 9 heteroatoms. The first-order valence-corrected chi connectivity index (χ1v) is 13.3. The summed E-state index contributed by atoms with van der Waals surface area (Å²) in [5.41, 5.74) is 1.88. The Morgan fingerprint density at radius 3 is 2.51 bits per heavy atom. The third-order valence-electron chi connectivity index (χ3n) is 6.65. The fourth-order valence-corrected chi connectivity index (χ4v) is 5.39. The summed E-state index contributed by atoms with van der Waals surface area (Å²) < 4.78 is 3.39. The van der Waals surface area contributed by atoms with Crippen LogP contribution < -0.4 is 4.72 Å². The molecule has 8 nitrogen and oxygen atoms in total. The molecule has 0 aliphatic carbocycles. The molecule has 1 saturated heterocycles. The van der Waals surface area contributed by atoms with Gasteiger partial charge in [-0.1, -0.05) is 66.8 Å². The number of piperidine rings is 1. The van der Waals surface area contributed by atoms with Crippen molar-refractivity contribution in [1.29, 1.82) is 0 Å². The third-order valence-corrected chi connectivity index (χ3v) is 7.61. The highest BCUT2D eigenvalue weighted by atomic mass is 32.2. The standard InChI is InChI=1S/C28H34N4O4S/c1-3-5-9-22(4-2)20-23-14-17-30(18-15-23)19-16-26(24-10-7-6-8-11-24)29-37-28-13-12-25(31(33)34)21-27(28)32(35)36/h3-13,21,23,26,29H,1,14-20H2,2H3/b9-5-,22-4+. The molecule has 2 aromatic carbocycles. The Balaban J connectivity index is 1.60. The zero-order valence-corrected chi connectivity index (χ0v) is 21.9. The lowest BCUT2D eigenvalue weighted by atomic mass is 9.89. The van der Waals surface area contributed by atoms with Crippen LogP contribution in [0.3, 0.4) is 0 Å². The van der Waals surface area contributed by atoms with Crippen LogP contribution in [0.1, 0.15) is 44.2 Å². The zero-order chi connectivity index (χ0) is 26.6. The number of nitro groups is 2. The van der Waals surface area contributed by atoms with E-state index >= 15 is 0 Å². The van der Waals surface area contributed by atoms with Crippen LogP contribution in [0.5, 0.6) is 0 Å². The molecule has 1 unspecified atom stereocenters. The Morgan fingerprint density at radius 1 is 1.16 bits per heavy atom. The van der Waals surface area contributed by atoms with Gasteiger partial charge in [-0.05, 0) is 81.7 Å². The van der Waals surface area contributed by atoms with Gasteiger partial charge in [0.25, 0.3) is 11.4 Å². The van der Waals surface area contributed by atoms with Crippen LogP contribution in [0.2, 0.25) is 0 Å². The van der Waals surface area contributed by atoms with E-state index in [2.05, 4.69) is 35.3 Å². The minimum atomic E-state index is -0.623. The molecule has 1 N–H and O–H groups in total. The normalized spacial score (nSPS) is 16.1. The molecule has 1 aliphatic heterocycles. The summed E-state index contributed by atoms with van der Waals surface area (Å²) in [4.78, 5) is 24.2. The van der Waals surface area contributed by atoms with Gasteiger partial charge in [0.1, 0.15) is 4.90 Å². The van der Waals surface area contributed by atoms with Gasteiger partial charge in [-0.25, -0.2) is 0 Å². The van der Waals surface area contributed by atoms with E-state index in [1.165, 1.54) is 17.7 Å². The fourth-order valence-electron chi connectivity index (χ4n) is 4.49. The topological polar surface area (TPSA) is 102 Å². The van der Waals surface area contributed by atoms with Gasteiger partial charge in [0.15, 0.2) is 0 Å². The molecule has 0 bridgehead atoms. The molecular formula is C28H34N4O4S. The van der Waals surface area contributed by atoms with Crippen LogP contribution in [-0.4, -0.2) is 34.4 Å². The lowest BCUT2D eigenvalue weighted by Gasteiger charge is -2.33. The lowest BCUT2D eigenvalue weighted by molar-refractivity contribution is -0.396. The van der Waals surface area contributed by atoms with Gasteiger partial charge in [-0.2, -0.15) is 0 Å². The van der Waals surface area contributed by atoms with Crippen molar-refractivity contribution in [3.05, 3.63) is 111 Å². The average molecular weight is 523 g/mol. The fraction of sp³-hybridized carbons (Fsp3) is 0.357. The van der Waals surface area contributed by atoms with Crippen molar-refractivity contribution in [3.63, 3.8) is 0 Å². The summed E-state index contributed by atoms with van der Waals surface area (Å²) in [6.07, 6.45) is 12.4. The van der Waals surface area contributed by atoms with Crippen molar-refractivity contribution in [2.45, 2.75) is 43.5 Å². The zero-order valence-electron chi connectivity index (χ0n) is 21.1. The number of benzene rings is 2. The number of likely N-dealkylation sites (tertiary alicyclic amines) is 1. The van der Waals surface area contributed by atoms with Crippen LogP contribution in [0, 0.1) is 26.1 Å². The second kappa shape index (κ2) is 14.5. The Labute approximate surface area is 222 Å². The lowest BCUT2D eigenvalue weighted by Crippen LogP contribution is -2.35. The van der Waals surface area contributed by atoms with Gasteiger partial charge in [-0.15, -0.1) is 0 Å². The summed E-state index contributed by atoms with van der Waals surface area (Å²) >= 11 is 1.15. The van der Waals surface area contributed by atoms with Crippen LogP contribution >= 0.6 is 11.9 Å². The highest BCUT2D eigenvalue weighted by molar-refractivity contribution is 7.97. The molecule has 196 valence electrons. The monoisotopic (exact) mass is 522 g/mol. The molecule has 0 saturated carbocycles. The van der Waals surface area contributed by atoms with Crippen molar-refractivity contribution in [2.24, 2.45) is 5.92 Å². The molecular weight excluding hydrogens is 488 g/mol. The SMILES string of the molecule is C=C/C=C\C(=C/C)CC1CCN(CCC(NSc2ccc([N+](=O)[O-])cc2[N+](=O)[O-])c2ccccc2)CC1. The number of hydrogen-bond acceptors (Lipinski definition) is 7. The maximum atomic E-state index is 11.5. The molecule has 1 atom stereocenters. The number of allylic oxidation sites excluding steroid dienone is 5. The molecule has 1 heterocycles. The van der Waals surface area contributed by atoms with E-state index in [0.717, 1.165) is 68.9 Å². The molecule has 0 spiro atoms. The van der Waals surface area contributed by atoms with Crippen LogP contribution in [-0.2, 0) is 0 Å². The van der Waals surface area contributed by atoms with Crippen molar-refractivity contribution >= 4 is 23.3 Å². The van der Waals surface area contributed by atoms with E-state index in [0.29, 0.717) is 10.8 Å². The van der Waals surface area contributed by atoms with Gasteiger partial charge in [-0.3, -0.25) is 25.0 Å². The first-order chi connectivity index (χ1) is 17.9. The van der Waals surface area contributed by atoms with E-state index in [1.807, 2.05) is 36.4 Å². The van der Waals surface area contributed by atoms with Gasteiger partial charge in [0, 0.05) is 12.1 Å². The molecule has 3 rings (SSSR count). The Bertz CT molecular complexity index is 1130. The second-order valence-corrected chi connectivity index (χ2v) is 9.97. The molecule has 37 heavy (non-hydrogen) atoms. The van der Waals surface area contributed by atoms with Gasteiger partial charge >= 0.3 is 0 Å². The molecule has 0 aromatic heterocycles. The number of nitro benzene ring substituents is 2. The van der Waals surface area contributed by atoms with E-state index < -0.39 is 9.85 Å². The average Bonchev–Trinajstić information content (AvgIpc) is 2.92. The smallest absolute Gasteiger partial charge is 0.291 e. The van der Waals surface area contributed by atoms with Crippen LogP contribution in [0.15, 0.2) is 89.9 Å². The summed E-state index contributed by atoms with van der Waals surface area (Å²) in [6, 6.07) is 13.7. The molecule has 0 amide bonds. The number of rotatable bonds is 13. The van der Waals surface area contributed by atoms with Gasteiger partial charge in [0.2, 0.25) is 0 Å². The Morgan fingerprint density at radius 2 is 1.89 bits per heavy atom. The van der Waals surface area contributed by atoms with E-state index in [4.69, 9.17) is 0 Å². The first-order valence-electron chi connectivity index (χ1n) is 12.5. The van der Waals surface area contributed by atoms with E-state index in [1.54, 1.807) is 6.08 Å². The predicted octanol–water partition coefficient (Wildman–Crippen LogP) is 7.02. The summed E-state index contributed by atoms with van der Waals surface area (Å²) in [5.74, 6) is 0.679. The number of nitrogens with one attached hydrogen (secondary N) is 1. The van der Waals surface area contributed by atoms with Crippen molar-refractivity contribution in [2.75, 3.05) is 19.6 Å². The Hall–Kier alpha value is -3.27. The third kappa shape index (κ3) is 8.66. The van der Waals surface area contributed by atoms with Gasteiger partial charge in [0.05, 0.1) is 15.9 Å². The van der Waals surface area contributed by atoms with E-state index in [-0.39, 0.29) is 17.4 Å². The van der Waals surface area contributed by atoms with Crippen LogP contribution in [0.25, 0.3) is 0 Å². The molecule has 2 aromatic rings. The van der Waals surface area contributed by atoms with Crippen molar-refractivity contribution in [3.8, 4) is 0 Å². The number of hydrogen-bond donors (Lipinski definition) is 1. The first kappa shape index (κ1) is 28.3. The highest BCUT2D eigenvalue weighted by Crippen LogP contribution is 2.33. The number of nitrogens with zero attached hydrogens (tertiary/aromatic N) is 3. The summed E-state index contributed by atoms with van der Waals surface area (Å²) in [7, 11) is 0. The quantitative estimate of drug-likeness (QED) is 0.130. The maximum Gasteiger partial charge on any atom is 0.291 e. The summed E-state index contributed by atoms with van der Waals surface area (Å²) in [5, 5.41) is 22.6. The summed E-state index contributed by atoms with van der Waals surface area (Å²) in [6.45, 7) is 8.85. The Kier molecular flexibility index (Phi) is 11.1. The van der Waals surface area contributed by atoms with E-state index in [9.17, 15) is 20.2 Å². The van der Waals surface area contributed by atoms with Gasteiger partial charge < -0.3 is 4.90 Å². The predicted molar refractivity (Wildman–Crippen MR) is 149 cm³/mol. The molecule has 1 fully saturated rings. The largest absolute Gasteiger partial charge is 0.303 e. The molecule has 0 radical (unpaired) electrons. The highest BCUT2D eigenvalue weighted by Gasteiger charge is 2.23. The van der Waals surface area contributed by atoms with Crippen molar-refractivity contribution in [1.82, 2.24) is 9.62 Å². The van der Waals surface area contributed by atoms with Crippen molar-refractivity contribution < 1.29 is 9.85 Å². The minimum Gasteiger partial charge on any atom is -0.303 e. The minimum absolute atomic E-state index is 0.0302. The second-order valence-electron chi connectivity index (χ2n) is 9.09.